The third-order valence-electron chi connectivity index (χ3n) is 1.94. The average Bonchev–Trinajstić information content (AvgIpc) is 2.04. The molecule has 0 aliphatic carbocycles. The van der Waals surface area contributed by atoms with Crippen LogP contribution in [0.2, 0.25) is 0 Å². The Kier molecular flexibility index (Phi) is 7.96. The molecule has 11 heavy (non-hydrogen) atoms. The smallest absolute Gasteiger partial charge is 0.0588 e. The summed E-state index contributed by atoms with van der Waals surface area (Å²) in [6, 6.07) is 0. The topological polar surface area (TPSA) is 35.2 Å². The maximum absolute atomic E-state index is 5.27. The molecule has 0 rings (SSSR count). The molecule has 0 saturated carbocycles. The van der Waals surface area contributed by atoms with E-state index in [-0.39, 0.29) is 0 Å². The van der Waals surface area contributed by atoms with Crippen molar-refractivity contribution < 1.29 is 4.74 Å². The van der Waals surface area contributed by atoms with Crippen LogP contribution in [-0.2, 0) is 4.74 Å². The zero-order valence-electron chi connectivity index (χ0n) is 7.81. The largest absolute Gasteiger partial charge is 0.380 e. The molecule has 0 heterocycles. The third-order valence-corrected chi connectivity index (χ3v) is 1.94. The normalized spacial score (nSPS) is 13.4. The minimum absolute atomic E-state index is 0.642. The van der Waals surface area contributed by atoms with Gasteiger partial charge in [-0.3, -0.25) is 0 Å². The summed E-state index contributed by atoms with van der Waals surface area (Å²) in [5.74, 6) is 0.844. The van der Waals surface area contributed by atoms with Gasteiger partial charge >= 0.3 is 0 Å². The van der Waals surface area contributed by atoms with E-state index in [0.29, 0.717) is 13.2 Å². The first-order valence-corrected chi connectivity index (χ1v) is 4.59. The Hall–Kier alpha value is -0.0800. The molecule has 0 amide bonds. The van der Waals surface area contributed by atoms with E-state index in [1.807, 2.05) is 0 Å². The van der Waals surface area contributed by atoms with Gasteiger partial charge in [-0.15, -0.1) is 0 Å². The van der Waals surface area contributed by atoms with E-state index in [2.05, 4.69) is 13.8 Å². The fourth-order valence-corrected chi connectivity index (χ4v) is 0.923. The number of nitrogens with two attached hydrogens (primary N) is 1. The molecule has 0 spiro atoms. The Morgan fingerprint density at radius 2 is 2.09 bits per heavy atom. The molecule has 2 nitrogen and oxygen atoms in total. The molecule has 0 aromatic carbocycles. The summed E-state index contributed by atoms with van der Waals surface area (Å²) in [5, 5.41) is 0. The molecule has 2 N–H and O–H groups in total. The minimum atomic E-state index is 0.642. The van der Waals surface area contributed by atoms with Crippen molar-refractivity contribution in [2.75, 3.05) is 19.8 Å². The Morgan fingerprint density at radius 1 is 1.36 bits per heavy atom. The van der Waals surface area contributed by atoms with Gasteiger partial charge in [0, 0.05) is 13.2 Å². The highest BCUT2D eigenvalue weighted by Crippen LogP contribution is 2.08. The van der Waals surface area contributed by atoms with Crippen molar-refractivity contribution in [1.29, 1.82) is 0 Å². The van der Waals surface area contributed by atoms with Crippen molar-refractivity contribution >= 4 is 0 Å². The second-order valence-corrected chi connectivity index (χ2v) is 3.06. The van der Waals surface area contributed by atoms with Gasteiger partial charge in [0.1, 0.15) is 0 Å². The predicted molar refractivity (Wildman–Crippen MR) is 48.6 cm³/mol. The van der Waals surface area contributed by atoms with Gasteiger partial charge in [0.25, 0.3) is 0 Å². The lowest BCUT2D eigenvalue weighted by atomic mass is 10.0. The van der Waals surface area contributed by atoms with Crippen molar-refractivity contribution in [3.8, 4) is 0 Å². The van der Waals surface area contributed by atoms with Crippen LogP contribution in [-0.4, -0.2) is 19.8 Å². The van der Waals surface area contributed by atoms with Crippen LogP contribution in [0.5, 0.6) is 0 Å². The lowest BCUT2D eigenvalue weighted by Gasteiger charge is -2.07. The monoisotopic (exact) mass is 159 g/mol. The number of hydrogen-bond acceptors (Lipinski definition) is 2. The molecule has 0 bridgehead atoms. The maximum atomic E-state index is 5.27. The first-order valence-electron chi connectivity index (χ1n) is 4.59. The average molecular weight is 159 g/mol. The van der Waals surface area contributed by atoms with E-state index in [4.69, 9.17) is 10.5 Å². The first kappa shape index (κ1) is 10.9. The molecule has 0 saturated heterocycles. The Bertz CT molecular complexity index is 76.0. The summed E-state index contributed by atoms with van der Waals surface area (Å²) in [4.78, 5) is 0. The number of ether oxygens (including phenoxy) is 1. The molecule has 68 valence electrons. The van der Waals surface area contributed by atoms with Crippen LogP contribution >= 0.6 is 0 Å². The lowest BCUT2D eigenvalue weighted by molar-refractivity contribution is 0.134. The lowest BCUT2D eigenvalue weighted by Crippen LogP contribution is -2.09. The highest BCUT2D eigenvalue weighted by molar-refractivity contribution is 4.49. The fraction of sp³-hybridized carbons (Fsp3) is 1.00. The Morgan fingerprint density at radius 3 is 2.64 bits per heavy atom. The van der Waals surface area contributed by atoms with Crippen molar-refractivity contribution in [2.45, 2.75) is 33.1 Å². The van der Waals surface area contributed by atoms with Gasteiger partial charge in [-0.1, -0.05) is 20.3 Å². The highest BCUT2D eigenvalue weighted by atomic mass is 16.5. The van der Waals surface area contributed by atoms with Crippen LogP contribution in [0.15, 0.2) is 0 Å². The van der Waals surface area contributed by atoms with Crippen molar-refractivity contribution in [1.82, 2.24) is 0 Å². The molecule has 1 unspecified atom stereocenters. The predicted octanol–water partition coefficient (Wildman–Crippen LogP) is 1.79. The fourth-order valence-electron chi connectivity index (χ4n) is 0.923. The van der Waals surface area contributed by atoms with Crippen LogP contribution < -0.4 is 5.73 Å². The molecular formula is C9H21NO. The molecule has 0 fully saturated rings. The summed E-state index contributed by atoms with van der Waals surface area (Å²) < 4.78 is 5.25. The zero-order chi connectivity index (χ0) is 8.53. The van der Waals surface area contributed by atoms with Gasteiger partial charge in [0.15, 0.2) is 0 Å². The third kappa shape index (κ3) is 7.82. The van der Waals surface area contributed by atoms with E-state index in [9.17, 15) is 0 Å². The molecule has 0 aromatic heterocycles. The quantitative estimate of drug-likeness (QED) is 0.575. The second kappa shape index (κ2) is 8.02. The molecule has 0 aromatic rings. The van der Waals surface area contributed by atoms with Gasteiger partial charge < -0.3 is 10.5 Å². The summed E-state index contributed by atoms with van der Waals surface area (Å²) in [6.07, 6.45) is 3.73. The van der Waals surface area contributed by atoms with Gasteiger partial charge in [-0.05, 0) is 18.8 Å². The van der Waals surface area contributed by atoms with E-state index < -0.39 is 0 Å². The second-order valence-electron chi connectivity index (χ2n) is 3.06. The van der Waals surface area contributed by atoms with Crippen LogP contribution in [0.4, 0.5) is 0 Å². The highest BCUT2D eigenvalue weighted by Gasteiger charge is 1.97. The maximum Gasteiger partial charge on any atom is 0.0588 e. The first-order chi connectivity index (χ1) is 5.31. The van der Waals surface area contributed by atoms with Gasteiger partial charge in [0.05, 0.1) is 6.61 Å². The molecule has 1 atom stereocenters. The van der Waals surface area contributed by atoms with Crippen LogP contribution in [0.25, 0.3) is 0 Å². The van der Waals surface area contributed by atoms with Gasteiger partial charge in [-0.25, -0.2) is 0 Å². The molecular weight excluding hydrogens is 138 g/mol. The van der Waals surface area contributed by atoms with Crippen LogP contribution in [0, 0.1) is 5.92 Å². The number of hydrogen-bond donors (Lipinski definition) is 1. The van der Waals surface area contributed by atoms with Crippen LogP contribution in [0.3, 0.4) is 0 Å². The molecule has 0 radical (unpaired) electrons. The van der Waals surface area contributed by atoms with E-state index in [1.54, 1.807) is 0 Å². The molecule has 0 aliphatic heterocycles. The van der Waals surface area contributed by atoms with E-state index >= 15 is 0 Å². The van der Waals surface area contributed by atoms with Gasteiger partial charge in [-0.2, -0.15) is 0 Å². The summed E-state index contributed by atoms with van der Waals surface area (Å²) in [5.41, 5.74) is 5.27. The zero-order valence-corrected chi connectivity index (χ0v) is 7.81. The summed E-state index contributed by atoms with van der Waals surface area (Å²) in [7, 11) is 0. The Labute approximate surface area is 70.1 Å². The summed E-state index contributed by atoms with van der Waals surface area (Å²) in [6.45, 7) is 6.74. The van der Waals surface area contributed by atoms with Crippen molar-refractivity contribution in [2.24, 2.45) is 11.7 Å². The standard InChI is InChI=1S/C9H21NO/c1-3-9(2)5-4-7-11-8-6-10/h9H,3-8,10H2,1-2H3. The van der Waals surface area contributed by atoms with Crippen molar-refractivity contribution in [3.05, 3.63) is 0 Å². The van der Waals surface area contributed by atoms with Gasteiger partial charge in [0.2, 0.25) is 0 Å². The molecule has 2 heteroatoms. The SMILES string of the molecule is CCC(C)CCCOCCN. The molecule has 0 aliphatic rings. The number of rotatable bonds is 7. The van der Waals surface area contributed by atoms with Crippen LogP contribution in [0.1, 0.15) is 33.1 Å². The minimum Gasteiger partial charge on any atom is -0.380 e. The van der Waals surface area contributed by atoms with Crippen molar-refractivity contribution in [3.63, 3.8) is 0 Å². The summed E-state index contributed by atoms with van der Waals surface area (Å²) >= 11 is 0. The van der Waals surface area contributed by atoms with E-state index in [0.717, 1.165) is 12.5 Å². The van der Waals surface area contributed by atoms with E-state index in [1.165, 1.54) is 19.3 Å². The Balaban J connectivity index is 2.89.